The highest BCUT2D eigenvalue weighted by Gasteiger charge is 2.32. The summed E-state index contributed by atoms with van der Waals surface area (Å²) in [7, 11) is 0. The number of likely N-dealkylation sites (tertiary alicyclic amines) is 1. The van der Waals surface area contributed by atoms with Crippen molar-refractivity contribution in [2.75, 3.05) is 13.1 Å². The molecule has 1 aliphatic rings. The summed E-state index contributed by atoms with van der Waals surface area (Å²) in [6.07, 6.45) is 1.72. The third-order valence-electron chi connectivity index (χ3n) is 3.40. The number of piperidine rings is 1. The minimum atomic E-state index is -0.884. The zero-order valence-electron chi connectivity index (χ0n) is 12.0. The molecule has 1 rings (SSSR count). The summed E-state index contributed by atoms with van der Waals surface area (Å²) < 4.78 is 0. The molecule has 1 unspecified atom stereocenters. The number of nitrogens with zero attached hydrogens (tertiary/aromatic N) is 1. The molecule has 0 aromatic rings. The molecule has 7 heteroatoms. The minimum absolute atomic E-state index is 0.198. The summed E-state index contributed by atoms with van der Waals surface area (Å²) in [6, 6.07) is -1.42. The Hall–Kier alpha value is -1.79. The molecule has 1 heterocycles. The minimum Gasteiger partial charge on any atom is -0.481 e. The van der Waals surface area contributed by atoms with Crippen molar-refractivity contribution in [2.24, 2.45) is 17.6 Å². The van der Waals surface area contributed by atoms with E-state index in [1.807, 2.05) is 13.8 Å². The van der Waals surface area contributed by atoms with Crippen molar-refractivity contribution in [1.29, 1.82) is 0 Å². The van der Waals surface area contributed by atoms with Crippen molar-refractivity contribution >= 4 is 17.9 Å². The third kappa shape index (κ3) is 4.71. The van der Waals surface area contributed by atoms with Gasteiger partial charge in [-0.05, 0) is 25.2 Å². The average Bonchev–Trinajstić information content (AvgIpc) is 2.36. The van der Waals surface area contributed by atoms with Gasteiger partial charge in [0, 0.05) is 13.1 Å². The van der Waals surface area contributed by atoms with Gasteiger partial charge in [-0.3, -0.25) is 9.59 Å². The third-order valence-corrected chi connectivity index (χ3v) is 3.40. The molecule has 114 valence electrons. The van der Waals surface area contributed by atoms with Crippen molar-refractivity contribution < 1.29 is 19.5 Å². The number of carbonyl (C=O) groups excluding carboxylic acids is 2. The first-order chi connectivity index (χ1) is 9.31. The number of rotatable bonds is 5. The second-order valence-electron chi connectivity index (χ2n) is 5.65. The predicted octanol–water partition coefficient (Wildman–Crippen LogP) is 0.393. The van der Waals surface area contributed by atoms with E-state index in [-0.39, 0.29) is 18.4 Å². The van der Waals surface area contributed by atoms with Crippen molar-refractivity contribution in [3.63, 3.8) is 0 Å². The maximum absolute atomic E-state index is 12.4. The van der Waals surface area contributed by atoms with Gasteiger partial charge in [0.15, 0.2) is 0 Å². The molecule has 0 aromatic heterocycles. The Morgan fingerprint density at radius 3 is 2.55 bits per heavy atom. The summed E-state index contributed by atoms with van der Waals surface area (Å²) in [5, 5.41) is 11.5. The normalized spacial score (nSPS) is 20.6. The molecule has 0 saturated carbocycles. The maximum Gasteiger partial charge on any atom is 0.312 e. The monoisotopic (exact) mass is 285 g/mol. The van der Waals surface area contributed by atoms with E-state index in [0.717, 1.165) is 0 Å². The number of carboxylic acid groups (broad SMARTS) is 1. The standard InChI is InChI=1S/C13H23N3O4/c1-8(2)6-10(15-13(14)20)11(17)16-5-3-4-9(7-16)12(18)19/h8-10H,3-7H2,1-2H3,(H,18,19)(H3,14,15,20)/t9-,10?/m0/s1. The number of amides is 3. The fourth-order valence-electron chi connectivity index (χ4n) is 2.46. The first kappa shape index (κ1) is 16.3. The number of nitrogens with two attached hydrogens (primary N) is 1. The van der Waals surface area contributed by atoms with E-state index in [2.05, 4.69) is 5.32 Å². The van der Waals surface area contributed by atoms with Crippen LogP contribution in [0.5, 0.6) is 0 Å². The van der Waals surface area contributed by atoms with E-state index < -0.39 is 24.0 Å². The molecular formula is C13H23N3O4. The van der Waals surface area contributed by atoms with E-state index in [4.69, 9.17) is 10.8 Å². The summed E-state index contributed by atoms with van der Waals surface area (Å²) in [5.41, 5.74) is 5.10. The lowest BCUT2D eigenvalue weighted by Gasteiger charge is -2.33. The predicted molar refractivity (Wildman–Crippen MR) is 72.9 cm³/mol. The lowest BCUT2D eigenvalue weighted by molar-refractivity contribution is -0.146. The number of hydrogen-bond acceptors (Lipinski definition) is 3. The maximum atomic E-state index is 12.4. The molecule has 1 aliphatic heterocycles. The molecule has 0 aromatic carbocycles. The van der Waals surface area contributed by atoms with Crippen LogP contribution in [0.3, 0.4) is 0 Å². The fraction of sp³-hybridized carbons (Fsp3) is 0.769. The van der Waals surface area contributed by atoms with Crippen LogP contribution in [-0.4, -0.2) is 47.0 Å². The van der Waals surface area contributed by atoms with Crippen LogP contribution >= 0.6 is 0 Å². The Balaban J connectivity index is 2.72. The summed E-state index contributed by atoms with van der Waals surface area (Å²) in [4.78, 5) is 35.9. The van der Waals surface area contributed by atoms with Gasteiger partial charge in [0.25, 0.3) is 0 Å². The van der Waals surface area contributed by atoms with Crippen LogP contribution in [0.4, 0.5) is 4.79 Å². The molecule has 3 amide bonds. The molecule has 0 radical (unpaired) electrons. The van der Waals surface area contributed by atoms with Gasteiger partial charge in [-0.2, -0.15) is 0 Å². The van der Waals surface area contributed by atoms with Crippen LogP contribution in [-0.2, 0) is 9.59 Å². The topological polar surface area (TPSA) is 113 Å². The van der Waals surface area contributed by atoms with Crippen LogP contribution in [0.2, 0.25) is 0 Å². The zero-order chi connectivity index (χ0) is 15.3. The van der Waals surface area contributed by atoms with Gasteiger partial charge in [-0.1, -0.05) is 13.8 Å². The number of urea groups is 1. The van der Waals surface area contributed by atoms with Crippen molar-refractivity contribution in [1.82, 2.24) is 10.2 Å². The van der Waals surface area contributed by atoms with Crippen LogP contribution in [0.25, 0.3) is 0 Å². The number of primary amides is 1. The van der Waals surface area contributed by atoms with Gasteiger partial charge in [0.2, 0.25) is 5.91 Å². The van der Waals surface area contributed by atoms with Crippen LogP contribution in [0.1, 0.15) is 33.1 Å². The van der Waals surface area contributed by atoms with Crippen molar-refractivity contribution in [2.45, 2.75) is 39.2 Å². The summed E-state index contributed by atoms with van der Waals surface area (Å²) >= 11 is 0. The van der Waals surface area contributed by atoms with E-state index in [0.29, 0.717) is 25.8 Å². The smallest absolute Gasteiger partial charge is 0.312 e. The van der Waals surface area contributed by atoms with Gasteiger partial charge >= 0.3 is 12.0 Å². The highest BCUT2D eigenvalue weighted by molar-refractivity contribution is 5.87. The Kier molecular flexibility index (Phi) is 5.79. The van der Waals surface area contributed by atoms with E-state index in [1.54, 1.807) is 0 Å². The van der Waals surface area contributed by atoms with E-state index in [1.165, 1.54) is 4.90 Å². The molecule has 4 N–H and O–H groups in total. The van der Waals surface area contributed by atoms with Crippen LogP contribution in [0, 0.1) is 11.8 Å². The SMILES string of the molecule is CC(C)CC(NC(N)=O)C(=O)N1CCC[C@H](C(=O)O)C1. The Bertz CT molecular complexity index is 384. The first-order valence-corrected chi connectivity index (χ1v) is 6.88. The molecule has 2 atom stereocenters. The molecule has 1 fully saturated rings. The number of carboxylic acids is 1. The Morgan fingerprint density at radius 1 is 1.40 bits per heavy atom. The molecule has 0 spiro atoms. The van der Waals surface area contributed by atoms with Gasteiger partial charge in [-0.15, -0.1) is 0 Å². The number of nitrogens with one attached hydrogen (secondary N) is 1. The van der Waals surface area contributed by atoms with E-state index in [9.17, 15) is 14.4 Å². The van der Waals surface area contributed by atoms with Gasteiger partial charge in [0.1, 0.15) is 6.04 Å². The van der Waals surface area contributed by atoms with Crippen LogP contribution in [0.15, 0.2) is 0 Å². The van der Waals surface area contributed by atoms with E-state index >= 15 is 0 Å². The molecule has 20 heavy (non-hydrogen) atoms. The van der Waals surface area contributed by atoms with Gasteiger partial charge < -0.3 is 21.1 Å². The second-order valence-corrected chi connectivity index (χ2v) is 5.65. The number of aliphatic carboxylic acids is 1. The fourth-order valence-corrected chi connectivity index (χ4v) is 2.46. The van der Waals surface area contributed by atoms with Crippen molar-refractivity contribution in [3.8, 4) is 0 Å². The molecule has 0 bridgehead atoms. The summed E-state index contributed by atoms with van der Waals surface area (Å²) in [6.45, 7) is 4.61. The molecular weight excluding hydrogens is 262 g/mol. The van der Waals surface area contributed by atoms with Crippen LogP contribution < -0.4 is 11.1 Å². The first-order valence-electron chi connectivity index (χ1n) is 6.88. The van der Waals surface area contributed by atoms with Gasteiger partial charge in [0.05, 0.1) is 5.92 Å². The highest BCUT2D eigenvalue weighted by Crippen LogP contribution is 2.18. The Labute approximate surface area is 118 Å². The highest BCUT2D eigenvalue weighted by atomic mass is 16.4. The average molecular weight is 285 g/mol. The quantitative estimate of drug-likeness (QED) is 0.678. The number of carbonyl (C=O) groups is 3. The molecule has 0 aliphatic carbocycles. The second kappa shape index (κ2) is 7.12. The van der Waals surface area contributed by atoms with Crippen molar-refractivity contribution in [3.05, 3.63) is 0 Å². The largest absolute Gasteiger partial charge is 0.481 e. The lowest BCUT2D eigenvalue weighted by atomic mass is 9.96. The Morgan fingerprint density at radius 2 is 2.05 bits per heavy atom. The molecule has 1 saturated heterocycles. The zero-order valence-corrected chi connectivity index (χ0v) is 12.0. The summed E-state index contributed by atoms with van der Waals surface area (Å²) in [5.74, 6) is -1.44. The number of hydrogen-bond donors (Lipinski definition) is 3. The van der Waals surface area contributed by atoms with Gasteiger partial charge in [-0.25, -0.2) is 4.79 Å². The lowest BCUT2D eigenvalue weighted by Crippen LogP contribution is -2.53. The molecule has 7 nitrogen and oxygen atoms in total.